The van der Waals surface area contributed by atoms with E-state index in [-0.39, 0.29) is 17.1 Å². The van der Waals surface area contributed by atoms with Crippen LogP contribution in [0.5, 0.6) is 5.75 Å². The Morgan fingerprint density at radius 2 is 2.08 bits per heavy atom. The molecule has 1 spiro atoms. The zero-order chi connectivity index (χ0) is 18.9. The highest BCUT2D eigenvalue weighted by Crippen LogP contribution is 2.54. The van der Waals surface area contributed by atoms with Gasteiger partial charge in [-0.25, -0.2) is 4.39 Å². The Balaban J connectivity index is 1.60. The van der Waals surface area contributed by atoms with E-state index in [0.717, 1.165) is 31.6 Å². The lowest BCUT2D eigenvalue weighted by molar-refractivity contribution is -0.0665. The van der Waals surface area contributed by atoms with E-state index in [0.29, 0.717) is 23.8 Å². The Bertz CT molecular complexity index is 755. The number of ether oxygens (including phenoxy) is 1. The molecule has 0 bridgehead atoms. The van der Waals surface area contributed by atoms with Gasteiger partial charge in [-0.2, -0.15) is 0 Å². The summed E-state index contributed by atoms with van der Waals surface area (Å²) >= 11 is 0. The molecule has 2 fully saturated rings. The molecule has 1 saturated heterocycles. The van der Waals surface area contributed by atoms with Crippen LogP contribution in [0.15, 0.2) is 34.8 Å². The zero-order valence-electron chi connectivity index (χ0n) is 16.0. The van der Waals surface area contributed by atoms with Crippen molar-refractivity contribution < 1.29 is 13.9 Å². The summed E-state index contributed by atoms with van der Waals surface area (Å²) in [5, 5.41) is 0. The molecule has 0 unspecified atom stereocenters. The molecule has 0 N–H and O–H groups in total. The first kappa shape index (κ1) is 18.6. The Kier molecular flexibility index (Phi) is 5.17. The molecule has 1 saturated carbocycles. The number of halogens is 1. The van der Waals surface area contributed by atoms with Gasteiger partial charge in [0.2, 0.25) is 0 Å². The number of likely N-dealkylation sites (tertiary alicyclic amines) is 1. The van der Waals surface area contributed by atoms with Gasteiger partial charge in [-0.1, -0.05) is 5.57 Å². The third kappa shape index (κ3) is 3.53. The first-order valence-electron chi connectivity index (χ1n) is 9.20. The summed E-state index contributed by atoms with van der Waals surface area (Å²) in [4.78, 5) is 18.8. The van der Waals surface area contributed by atoms with Gasteiger partial charge in [0, 0.05) is 37.3 Å². The highest BCUT2D eigenvalue weighted by molar-refractivity contribution is 5.97. The standard InChI is InChI=1S/C21H27FN2O2/c1-5-26-19-9-17(22)6-7-18(19)20(25)24-12-21(13-24)10-16(11-21)14(2)8-15(3)23-4/h6-9,16H,5,10-13H2,1-4H3/b14-8+,23-15?. The largest absolute Gasteiger partial charge is 0.493 e. The minimum Gasteiger partial charge on any atom is -0.493 e. The number of amides is 1. The summed E-state index contributed by atoms with van der Waals surface area (Å²) in [5.74, 6) is 0.468. The minimum absolute atomic E-state index is 0.0660. The first-order valence-corrected chi connectivity index (χ1v) is 9.20. The number of hydrogen-bond acceptors (Lipinski definition) is 3. The molecule has 4 nitrogen and oxygen atoms in total. The van der Waals surface area contributed by atoms with Crippen LogP contribution in [0.25, 0.3) is 0 Å². The predicted octanol–water partition coefficient (Wildman–Crippen LogP) is 4.11. The second-order valence-electron chi connectivity index (χ2n) is 7.59. The van der Waals surface area contributed by atoms with E-state index in [1.54, 1.807) is 0 Å². The summed E-state index contributed by atoms with van der Waals surface area (Å²) in [7, 11) is 1.81. The molecule has 2 aliphatic rings. The number of carbonyl (C=O) groups excluding carboxylic acids is 1. The number of carbonyl (C=O) groups is 1. The fourth-order valence-electron chi connectivity index (χ4n) is 4.10. The van der Waals surface area contributed by atoms with E-state index >= 15 is 0 Å². The molecule has 1 aromatic carbocycles. The van der Waals surface area contributed by atoms with Crippen LogP contribution in [-0.4, -0.2) is 43.3 Å². The van der Waals surface area contributed by atoms with Gasteiger partial charge in [-0.15, -0.1) is 0 Å². The third-order valence-corrected chi connectivity index (χ3v) is 5.61. The lowest BCUT2D eigenvalue weighted by Crippen LogP contribution is -2.63. The molecule has 26 heavy (non-hydrogen) atoms. The van der Waals surface area contributed by atoms with E-state index < -0.39 is 0 Å². The SMILES string of the molecule is CCOc1cc(F)ccc1C(=O)N1CC2(CC(/C(C)=C/C(C)=NC)C2)C1. The lowest BCUT2D eigenvalue weighted by Gasteiger charge is -2.59. The van der Waals surface area contributed by atoms with Crippen molar-refractivity contribution in [3.63, 3.8) is 0 Å². The second-order valence-corrected chi connectivity index (χ2v) is 7.59. The van der Waals surface area contributed by atoms with Crippen molar-refractivity contribution in [1.29, 1.82) is 0 Å². The van der Waals surface area contributed by atoms with Crippen LogP contribution in [0.4, 0.5) is 4.39 Å². The van der Waals surface area contributed by atoms with Crippen molar-refractivity contribution in [3.05, 3.63) is 41.2 Å². The molecule has 1 heterocycles. The zero-order valence-corrected chi connectivity index (χ0v) is 16.0. The quantitative estimate of drug-likeness (QED) is 0.743. The number of benzene rings is 1. The van der Waals surface area contributed by atoms with E-state index in [1.807, 2.05) is 25.8 Å². The van der Waals surface area contributed by atoms with E-state index in [4.69, 9.17) is 4.74 Å². The summed E-state index contributed by atoms with van der Waals surface area (Å²) < 4.78 is 18.9. The van der Waals surface area contributed by atoms with Crippen LogP contribution < -0.4 is 4.74 Å². The second kappa shape index (κ2) is 7.22. The van der Waals surface area contributed by atoms with Gasteiger partial charge in [-0.05, 0) is 57.7 Å². The maximum atomic E-state index is 13.4. The molecule has 1 aliphatic heterocycles. The normalized spacial score (nSPS) is 20.0. The number of hydrogen-bond donors (Lipinski definition) is 0. The van der Waals surface area contributed by atoms with Gasteiger partial charge in [0.15, 0.2) is 0 Å². The van der Waals surface area contributed by atoms with E-state index in [9.17, 15) is 9.18 Å². The van der Waals surface area contributed by atoms with Gasteiger partial charge in [0.05, 0.1) is 12.2 Å². The average Bonchev–Trinajstić information content (AvgIpc) is 2.52. The summed E-state index contributed by atoms with van der Waals surface area (Å²) in [5.41, 5.74) is 3.14. The smallest absolute Gasteiger partial charge is 0.257 e. The monoisotopic (exact) mass is 358 g/mol. The van der Waals surface area contributed by atoms with Gasteiger partial charge in [0.25, 0.3) is 5.91 Å². The molecule has 0 aromatic heterocycles. The molecule has 3 rings (SSSR count). The van der Waals surface area contributed by atoms with Crippen molar-refractivity contribution >= 4 is 11.6 Å². The van der Waals surface area contributed by atoms with Crippen molar-refractivity contribution in [1.82, 2.24) is 4.90 Å². The molecule has 140 valence electrons. The molecular formula is C21H27FN2O2. The summed E-state index contributed by atoms with van der Waals surface area (Å²) in [6.45, 7) is 7.97. The fraction of sp³-hybridized carbons (Fsp3) is 0.524. The minimum atomic E-state index is -0.389. The van der Waals surface area contributed by atoms with Crippen molar-refractivity contribution in [2.75, 3.05) is 26.7 Å². The molecule has 1 aliphatic carbocycles. The van der Waals surface area contributed by atoms with Crippen LogP contribution in [-0.2, 0) is 0 Å². The van der Waals surface area contributed by atoms with E-state index in [1.165, 1.54) is 23.8 Å². The summed E-state index contributed by atoms with van der Waals surface area (Å²) in [6, 6.07) is 4.13. The maximum absolute atomic E-state index is 13.4. The molecule has 0 radical (unpaired) electrons. The Labute approximate surface area is 154 Å². The molecule has 1 aromatic rings. The summed E-state index contributed by atoms with van der Waals surface area (Å²) in [6.07, 6.45) is 4.40. The predicted molar refractivity (Wildman–Crippen MR) is 101 cm³/mol. The number of rotatable bonds is 5. The topological polar surface area (TPSA) is 41.9 Å². The van der Waals surface area contributed by atoms with Crippen LogP contribution in [0, 0.1) is 17.2 Å². The molecule has 0 atom stereocenters. The van der Waals surface area contributed by atoms with E-state index in [2.05, 4.69) is 18.0 Å². The van der Waals surface area contributed by atoms with Crippen LogP contribution in [0.3, 0.4) is 0 Å². The van der Waals surface area contributed by atoms with Crippen LogP contribution in [0.2, 0.25) is 0 Å². The Hall–Kier alpha value is -2.17. The van der Waals surface area contributed by atoms with Gasteiger partial charge in [-0.3, -0.25) is 9.79 Å². The van der Waals surface area contributed by atoms with Crippen molar-refractivity contribution in [2.45, 2.75) is 33.6 Å². The van der Waals surface area contributed by atoms with Crippen LogP contribution in [0.1, 0.15) is 44.0 Å². The van der Waals surface area contributed by atoms with Crippen molar-refractivity contribution in [2.24, 2.45) is 16.3 Å². The third-order valence-electron chi connectivity index (χ3n) is 5.61. The molecule has 5 heteroatoms. The number of nitrogens with zero attached hydrogens (tertiary/aromatic N) is 2. The lowest BCUT2D eigenvalue weighted by atomic mass is 9.56. The number of allylic oxidation sites excluding steroid dienone is 2. The van der Waals surface area contributed by atoms with Crippen LogP contribution >= 0.6 is 0 Å². The maximum Gasteiger partial charge on any atom is 0.257 e. The molecular weight excluding hydrogens is 331 g/mol. The van der Waals surface area contributed by atoms with Gasteiger partial charge >= 0.3 is 0 Å². The first-order chi connectivity index (χ1) is 12.4. The highest BCUT2D eigenvalue weighted by atomic mass is 19.1. The fourth-order valence-corrected chi connectivity index (χ4v) is 4.10. The highest BCUT2D eigenvalue weighted by Gasteiger charge is 2.54. The van der Waals surface area contributed by atoms with Gasteiger partial charge in [0.1, 0.15) is 11.6 Å². The van der Waals surface area contributed by atoms with Crippen molar-refractivity contribution in [3.8, 4) is 5.75 Å². The van der Waals surface area contributed by atoms with Gasteiger partial charge < -0.3 is 9.64 Å². The average molecular weight is 358 g/mol. The molecule has 1 amide bonds. The Morgan fingerprint density at radius 1 is 1.38 bits per heavy atom. The Morgan fingerprint density at radius 3 is 2.69 bits per heavy atom. The number of aliphatic imine (C=N–C) groups is 1.